The Kier molecular flexibility index (Phi) is 5.79. The first-order valence-corrected chi connectivity index (χ1v) is 9.92. The molecule has 1 amide bonds. The second-order valence-electron chi connectivity index (χ2n) is 5.98. The summed E-state index contributed by atoms with van der Waals surface area (Å²) in [5.74, 6) is 0.537. The molecule has 6 nitrogen and oxygen atoms in total. The Labute approximate surface area is 175 Å². The van der Waals surface area contributed by atoms with Crippen molar-refractivity contribution in [2.45, 2.75) is 6.54 Å². The third-order valence-corrected chi connectivity index (χ3v) is 5.40. The molecule has 3 heterocycles. The second kappa shape index (κ2) is 8.81. The zero-order valence-electron chi connectivity index (χ0n) is 15.1. The largest absolute Gasteiger partial charge is 0.343 e. The van der Waals surface area contributed by atoms with Gasteiger partial charge in [0, 0.05) is 44.4 Å². The highest BCUT2D eigenvalue weighted by Crippen LogP contribution is 2.33. The summed E-state index contributed by atoms with van der Waals surface area (Å²) in [6.07, 6.45) is 6.54. The number of carbonyl (C=O) groups excluding carboxylic acids is 1. The Bertz CT molecular complexity index is 1150. The molecule has 0 aliphatic rings. The van der Waals surface area contributed by atoms with Crippen LogP contribution >= 0.6 is 22.9 Å². The van der Waals surface area contributed by atoms with Gasteiger partial charge in [0.05, 0.1) is 6.54 Å². The minimum atomic E-state index is -0.249. The Morgan fingerprint density at radius 3 is 2.79 bits per heavy atom. The van der Waals surface area contributed by atoms with Crippen molar-refractivity contribution < 1.29 is 9.32 Å². The number of hydrogen-bond acceptors (Lipinski definition) is 6. The third-order valence-electron chi connectivity index (χ3n) is 3.99. The molecule has 0 radical (unpaired) electrons. The van der Waals surface area contributed by atoms with Crippen molar-refractivity contribution in [1.82, 2.24) is 20.4 Å². The standard InChI is InChI=1S/C21H15ClN4O2S/c22-17-4-2-1-3-16(17)18-7-5-15(29-18)6-8-19(27)24-13-20-25-21(26-28-20)14-9-11-23-12-10-14/h1-12H,13H2,(H,24,27). The number of halogens is 1. The van der Waals surface area contributed by atoms with E-state index in [1.807, 2.05) is 36.4 Å². The van der Waals surface area contributed by atoms with E-state index in [1.54, 1.807) is 41.9 Å². The van der Waals surface area contributed by atoms with Gasteiger partial charge in [0.25, 0.3) is 0 Å². The molecule has 4 aromatic rings. The van der Waals surface area contributed by atoms with Gasteiger partial charge in [-0.15, -0.1) is 11.3 Å². The van der Waals surface area contributed by atoms with Gasteiger partial charge in [-0.05, 0) is 36.4 Å². The number of benzene rings is 1. The maximum atomic E-state index is 12.1. The number of amides is 1. The van der Waals surface area contributed by atoms with Gasteiger partial charge in [-0.3, -0.25) is 9.78 Å². The van der Waals surface area contributed by atoms with Gasteiger partial charge in [-0.2, -0.15) is 4.98 Å². The highest BCUT2D eigenvalue weighted by Gasteiger charge is 2.09. The van der Waals surface area contributed by atoms with Crippen molar-refractivity contribution >= 4 is 34.9 Å². The maximum Gasteiger partial charge on any atom is 0.246 e. The number of rotatable bonds is 6. The molecule has 1 aromatic carbocycles. The van der Waals surface area contributed by atoms with Crippen LogP contribution in [0.5, 0.6) is 0 Å². The summed E-state index contributed by atoms with van der Waals surface area (Å²) in [7, 11) is 0. The van der Waals surface area contributed by atoms with E-state index in [0.29, 0.717) is 16.7 Å². The van der Waals surface area contributed by atoms with Crippen molar-refractivity contribution in [1.29, 1.82) is 0 Å². The molecule has 3 aromatic heterocycles. The van der Waals surface area contributed by atoms with Crippen molar-refractivity contribution in [3.8, 4) is 21.8 Å². The molecule has 0 fully saturated rings. The number of carbonyl (C=O) groups is 1. The molecule has 0 bridgehead atoms. The van der Waals surface area contributed by atoms with Crippen LogP contribution in [-0.4, -0.2) is 21.0 Å². The lowest BCUT2D eigenvalue weighted by Gasteiger charge is -1.99. The Morgan fingerprint density at radius 1 is 1.14 bits per heavy atom. The highest BCUT2D eigenvalue weighted by molar-refractivity contribution is 7.16. The van der Waals surface area contributed by atoms with Crippen molar-refractivity contribution in [3.63, 3.8) is 0 Å². The molecule has 29 heavy (non-hydrogen) atoms. The summed E-state index contributed by atoms with van der Waals surface area (Å²) in [4.78, 5) is 22.3. The van der Waals surface area contributed by atoms with Crippen LogP contribution in [-0.2, 0) is 11.3 Å². The zero-order valence-corrected chi connectivity index (χ0v) is 16.7. The SMILES string of the molecule is O=C(C=Cc1ccc(-c2ccccc2Cl)s1)NCc1nc(-c2ccncc2)no1. The van der Waals surface area contributed by atoms with E-state index in [-0.39, 0.29) is 12.5 Å². The van der Waals surface area contributed by atoms with E-state index in [0.717, 1.165) is 20.9 Å². The van der Waals surface area contributed by atoms with E-state index in [2.05, 4.69) is 20.4 Å². The second-order valence-corrected chi connectivity index (χ2v) is 7.50. The molecule has 4 rings (SSSR count). The van der Waals surface area contributed by atoms with Crippen molar-refractivity contribution in [2.75, 3.05) is 0 Å². The average Bonchev–Trinajstić information content (AvgIpc) is 3.41. The Hall–Kier alpha value is -3.29. The molecule has 0 aliphatic carbocycles. The van der Waals surface area contributed by atoms with E-state index in [1.165, 1.54) is 6.08 Å². The van der Waals surface area contributed by atoms with Gasteiger partial charge in [0.2, 0.25) is 17.6 Å². The van der Waals surface area contributed by atoms with Crippen LogP contribution in [0.4, 0.5) is 0 Å². The number of thiophene rings is 1. The summed E-state index contributed by atoms with van der Waals surface area (Å²) in [6.45, 7) is 0.149. The minimum absolute atomic E-state index is 0.149. The first-order chi connectivity index (χ1) is 14.2. The molecule has 0 saturated carbocycles. The summed E-state index contributed by atoms with van der Waals surface area (Å²) in [5, 5.41) is 7.34. The van der Waals surface area contributed by atoms with Crippen molar-refractivity contribution in [2.24, 2.45) is 0 Å². The van der Waals surface area contributed by atoms with E-state index < -0.39 is 0 Å². The van der Waals surface area contributed by atoms with Crippen LogP contribution < -0.4 is 5.32 Å². The number of nitrogens with zero attached hydrogens (tertiary/aromatic N) is 3. The quantitative estimate of drug-likeness (QED) is 0.449. The molecular weight excluding hydrogens is 408 g/mol. The van der Waals surface area contributed by atoms with Crippen LogP contribution in [0.3, 0.4) is 0 Å². The molecule has 8 heteroatoms. The molecule has 0 spiro atoms. The summed E-state index contributed by atoms with van der Waals surface area (Å²) in [6, 6.07) is 15.2. The third kappa shape index (κ3) is 4.77. The fourth-order valence-electron chi connectivity index (χ4n) is 2.57. The zero-order chi connectivity index (χ0) is 20.1. The molecule has 0 saturated heterocycles. The van der Waals surface area contributed by atoms with Crippen LogP contribution in [0.2, 0.25) is 5.02 Å². The van der Waals surface area contributed by atoms with E-state index in [4.69, 9.17) is 16.1 Å². The summed E-state index contributed by atoms with van der Waals surface area (Å²) >= 11 is 7.80. The van der Waals surface area contributed by atoms with Crippen LogP contribution in [0.1, 0.15) is 10.8 Å². The van der Waals surface area contributed by atoms with E-state index >= 15 is 0 Å². The van der Waals surface area contributed by atoms with Crippen molar-refractivity contribution in [3.05, 3.63) is 82.8 Å². The summed E-state index contributed by atoms with van der Waals surface area (Å²) in [5.41, 5.74) is 1.78. The van der Waals surface area contributed by atoms with Gasteiger partial charge in [0.15, 0.2) is 0 Å². The monoisotopic (exact) mass is 422 g/mol. The fourth-order valence-corrected chi connectivity index (χ4v) is 3.82. The van der Waals surface area contributed by atoms with Crippen LogP contribution in [0.25, 0.3) is 27.9 Å². The fraction of sp³-hybridized carbons (Fsp3) is 0.0476. The number of nitrogens with one attached hydrogen (secondary N) is 1. The lowest BCUT2D eigenvalue weighted by Crippen LogP contribution is -2.20. The number of aromatic nitrogens is 3. The number of hydrogen-bond donors (Lipinski definition) is 1. The molecule has 144 valence electrons. The predicted molar refractivity (Wildman–Crippen MR) is 113 cm³/mol. The Balaban J connectivity index is 1.34. The number of pyridine rings is 1. The minimum Gasteiger partial charge on any atom is -0.343 e. The summed E-state index contributed by atoms with van der Waals surface area (Å²) < 4.78 is 5.16. The smallest absolute Gasteiger partial charge is 0.246 e. The lowest BCUT2D eigenvalue weighted by molar-refractivity contribution is -0.116. The first kappa shape index (κ1) is 19.0. The predicted octanol–water partition coefficient (Wildman–Crippen LogP) is 4.84. The highest BCUT2D eigenvalue weighted by atomic mass is 35.5. The molecule has 1 N–H and O–H groups in total. The van der Waals surface area contributed by atoms with Gasteiger partial charge >= 0.3 is 0 Å². The average molecular weight is 423 g/mol. The molecule has 0 aliphatic heterocycles. The lowest BCUT2D eigenvalue weighted by atomic mass is 10.2. The van der Waals surface area contributed by atoms with Gasteiger partial charge in [0.1, 0.15) is 0 Å². The normalized spacial score (nSPS) is 11.1. The van der Waals surface area contributed by atoms with Gasteiger partial charge in [-0.25, -0.2) is 0 Å². The van der Waals surface area contributed by atoms with Gasteiger partial charge < -0.3 is 9.84 Å². The Morgan fingerprint density at radius 2 is 1.97 bits per heavy atom. The maximum absolute atomic E-state index is 12.1. The van der Waals surface area contributed by atoms with Gasteiger partial charge in [-0.1, -0.05) is 35.0 Å². The molecule has 0 atom stereocenters. The molecular formula is C21H15ClN4O2S. The van der Waals surface area contributed by atoms with E-state index in [9.17, 15) is 4.79 Å². The molecule has 0 unspecified atom stereocenters. The van der Waals surface area contributed by atoms with Crippen LogP contribution in [0, 0.1) is 0 Å². The topological polar surface area (TPSA) is 80.9 Å². The first-order valence-electron chi connectivity index (χ1n) is 8.73. The van der Waals surface area contributed by atoms with Crippen LogP contribution in [0.15, 0.2) is 71.5 Å².